The van der Waals surface area contributed by atoms with Crippen LogP contribution in [0.25, 0.3) is 10.7 Å². The van der Waals surface area contributed by atoms with E-state index in [1.54, 1.807) is 0 Å². The number of rotatable bonds is 6. The van der Waals surface area contributed by atoms with Crippen molar-refractivity contribution < 1.29 is 4.74 Å². The van der Waals surface area contributed by atoms with E-state index in [1.807, 2.05) is 24.3 Å². The summed E-state index contributed by atoms with van der Waals surface area (Å²) >= 11 is 0. The van der Waals surface area contributed by atoms with Crippen LogP contribution in [0.5, 0.6) is 11.5 Å². The summed E-state index contributed by atoms with van der Waals surface area (Å²) < 4.78 is 6.51. The Balaban J connectivity index is 1.89. The maximum atomic E-state index is 8.75. The lowest BCUT2D eigenvalue weighted by atomic mass is 9.87. The monoisotopic (exact) mass is 440 g/mol. The molecule has 0 saturated carbocycles. The Morgan fingerprint density at radius 2 is 1.24 bits per heavy atom. The van der Waals surface area contributed by atoms with E-state index in [0.717, 1.165) is 71.3 Å². The van der Waals surface area contributed by atoms with Gasteiger partial charge >= 0.3 is 5.08 Å². The van der Waals surface area contributed by atoms with Gasteiger partial charge in [0.15, 0.2) is 10.8 Å². The van der Waals surface area contributed by atoms with Gasteiger partial charge in [0.25, 0.3) is 5.39 Å². The van der Waals surface area contributed by atoms with E-state index >= 15 is 0 Å². The summed E-state index contributed by atoms with van der Waals surface area (Å²) in [5.41, 5.74) is 7.21. The number of allylic oxidation sites excluding steroid dienone is 5. The van der Waals surface area contributed by atoms with Crippen molar-refractivity contribution in [3.8, 4) is 11.5 Å². The molecule has 0 bridgehead atoms. The smallest absolute Gasteiger partial charge is 0.339 e. The molecule has 0 fully saturated rings. The van der Waals surface area contributed by atoms with Gasteiger partial charge in [-0.05, 0) is 69.7 Å². The lowest BCUT2D eigenvalue weighted by Crippen LogP contribution is -2.22. The minimum Gasteiger partial charge on any atom is -0.456 e. The molecule has 1 aliphatic carbocycles. The first-order valence-electron chi connectivity index (χ1n) is 11.6. The molecule has 0 radical (unpaired) electrons. The van der Waals surface area contributed by atoms with Gasteiger partial charge in [-0.2, -0.15) is 0 Å². The molecule has 1 aliphatic heterocycles. The minimum absolute atomic E-state index is 0.600. The van der Waals surface area contributed by atoms with Crippen molar-refractivity contribution >= 4 is 22.7 Å². The van der Waals surface area contributed by atoms with Crippen LogP contribution in [0.1, 0.15) is 38.8 Å². The average Bonchev–Trinajstić information content (AvgIpc) is 2.85. The molecule has 0 amide bonds. The number of diazo groups is 1. The summed E-state index contributed by atoms with van der Waals surface area (Å²) in [6.07, 6.45) is 7.72. The van der Waals surface area contributed by atoms with Crippen molar-refractivity contribution in [3.63, 3.8) is 0 Å². The fraction of sp³-hybridized carbons (Fsp3) is 0.296. The molecule has 2 aliphatic rings. The second-order valence-corrected chi connectivity index (χ2v) is 7.92. The summed E-state index contributed by atoms with van der Waals surface area (Å²) in [6, 6.07) is 12.9. The molecule has 168 valence electrons. The number of ether oxygens (including phenoxy) is 1. The van der Waals surface area contributed by atoms with Gasteiger partial charge in [0.2, 0.25) is 0 Å². The molecule has 2 aromatic carbocycles. The van der Waals surface area contributed by atoms with Gasteiger partial charge in [-0.25, -0.2) is 0 Å². The zero-order chi connectivity index (χ0) is 23.4. The van der Waals surface area contributed by atoms with Crippen LogP contribution in [0.2, 0.25) is 0 Å². The van der Waals surface area contributed by atoms with Crippen LogP contribution in [0.3, 0.4) is 0 Å². The van der Waals surface area contributed by atoms with Crippen molar-refractivity contribution in [3.05, 3.63) is 82.5 Å². The third kappa shape index (κ3) is 4.27. The molecule has 33 heavy (non-hydrogen) atoms. The lowest BCUT2D eigenvalue weighted by Gasteiger charge is -2.29. The van der Waals surface area contributed by atoms with E-state index in [-0.39, 0.29) is 0 Å². The molecule has 0 spiro atoms. The molecule has 6 nitrogen and oxygen atoms in total. The molecule has 0 N–H and O–H groups in total. The van der Waals surface area contributed by atoms with Crippen LogP contribution in [0.15, 0.2) is 71.4 Å². The van der Waals surface area contributed by atoms with Crippen LogP contribution < -0.4 is 14.5 Å². The topological polar surface area (TPSA) is 56.2 Å². The van der Waals surface area contributed by atoms with Crippen LogP contribution >= 0.6 is 0 Å². The average molecular weight is 441 g/mol. The Labute approximate surface area is 195 Å². The van der Waals surface area contributed by atoms with Crippen LogP contribution in [0.4, 0.5) is 11.4 Å². The fourth-order valence-corrected chi connectivity index (χ4v) is 4.50. The first kappa shape index (κ1) is 22.3. The van der Waals surface area contributed by atoms with Crippen molar-refractivity contribution in [1.82, 2.24) is 0 Å². The SMILES string of the molecule is CCN(CC)c1ccc2c(c1)Oc1cc(N(CC)CC)ccc1C2=C1C=CC(=N[N+]#N)C=C1. The summed E-state index contributed by atoms with van der Waals surface area (Å²) in [7, 11) is 0. The van der Waals surface area contributed by atoms with Crippen LogP contribution in [0, 0.1) is 5.39 Å². The fourth-order valence-electron chi connectivity index (χ4n) is 4.50. The molecule has 0 unspecified atom stereocenters. The summed E-state index contributed by atoms with van der Waals surface area (Å²) in [4.78, 5) is 4.64. The van der Waals surface area contributed by atoms with Gasteiger partial charge in [-0.15, -0.1) is 0 Å². The standard InChI is InChI=1S/C27H30N5O/c1-5-31(6-2)21-13-15-23-25(17-21)33-26-18-22(32(7-3)8-4)14-16-24(26)27(23)19-9-11-20(12-10-19)29-30-28/h9-18H,5-8H2,1-4H3/q+1. The number of hydrogen-bond acceptors (Lipinski definition) is 5. The van der Waals surface area contributed by atoms with Crippen molar-refractivity contribution in [2.75, 3.05) is 36.0 Å². The Morgan fingerprint density at radius 3 is 1.67 bits per heavy atom. The van der Waals surface area contributed by atoms with Crippen LogP contribution in [-0.4, -0.2) is 31.9 Å². The quantitative estimate of drug-likeness (QED) is 0.319. The van der Waals surface area contributed by atoms with Crippen molar-refractivity contribution in [1.29, 1.82) is 5.39 Å². The van der Waals surface area contributed by atoms with E-state index in [2.05, 4.69) is 84.1 Å². The van der Waals surface area contributed by atoms with E-state index < -0.39 is 0 Å². The third-order valence-electron chi connectivity index (χ3n) is 6.26. The first-order valence-corrected chi connectivity index (χ1v) is 11.6. The molecule has 2 aromatic rings. The highest BCUT2D eigenvalue weighted by Crippen LogP contribution is 2.48. The molecule has 1 heterocycles. The number of hydrogen-bond donors (Lipinski definition) is 0. The highest BCUT2D eigenvalue weighted by atomic mass is 16.5. The van der Waals surface area contributed by atoms with Gasteiger partial charge in [-0.3, -0.25) is 0 Å². The maximum absolute atomic E-state index is 8.75. The number of benzene rings is 2. The van der Waals surface area contributed by atoms with E-state index in [1.165, 1.54) is 0 Å². The zero-order valence-corrected chi connectivity index (χ0v) is 19.7. The molecule has 0 atom stereocenters. The number of anilines is 2. The summed E-state index contributed by atoms with van der Waals surface area (Å²) in [6.45, 7) is 12.4. The summed E-state index contributed by atoms with van der Waals surface area (Å²) in [5, 5.41) is 15.4. The Hall–Kier alpha value is -3.85. The van der Waals surface area contributed by atoms with E-state index in [4.69, 9.17) is 10.1 Å². The number of nitrogens with zero attached hydrogens (tertiary/aromatic N) is 5. The molecule has 0 saturated heterocycles. The Kier molecular flexibility index (Phi) is 6.60. The number of fused-ring (bicyclic) bond motifs is 2. The molecular weight excluding hydrogens is 410 g/mol. The molecular formula is C27H30N5O+. The van der Waals surface area contributed by atoms with Crippen LogP contribution in [-0.2, 0) is 0 Å². The normalized spacial score (nSPS) is 13.7. The Bertz CT molecular complexity index is 1130. The summed E-state index contributed by atoms with van der Waals surface area (Å²) in [5.74, 6) is 1.72. The van der Waals surface area contributed by atoms with Gasteiger partial charge < -0.3 is 14.5 Å². The van der Waals surface area contributed by atoms with Crippen molar-refractivity contribution in [2.24, 2.45) is 5.10 Å². The van der Waals surface area contributed by atoms with E-state index in [9.17, 15) is 0 Å². The Morgan fingerprint density at radius 1 is 0.758 bits per heavy atom. The highest BCUT2D eigenvalue weighted by molar-refractivity contribution is 6.07. The van der Waals surface area contributed by atoms with Gasteiger partial charge in [0, 0.05) is 66.4 Å². The first-order chi connectivity index (χ1) is 16.1. The predicted octanol–water partition coefficient (Wildman–Crippen LogP) is 6.62. The van der Waals surface area contributed by atoms with E-state index in [0.29, 0.717) is 5.71 Å². The second kappa shape index (κ2) is 9.74. The second-order valence-electron chi connectivity index (χ2n) is 7.92. The largest absolute Gasteiger partial charge is 0.456 e. The molecule has 4 rings (SSSR count). The third-order valence-corrected chi connectivity index (χ3v) is 6.26. The maximum Gasteiger partial charge on any atom is 0.339 e. The molecule has 0 aromatic heterocycles. The van der Waals surface area contributed by atoms with Gasteiger partial charge in [0.05, 0.1) is 0 Å². The predicted molar refractivity (Wildman–Crippen MR) is 137 cm³/mol. The van der Waals surface area contributed by atoms with Gasteiger partial charge in [-0.1, -0.05) is 12.2 Å². The van der Waals surface area contributed by atoms with Gasteiger partial charge in [0.1, 0.15) is 11.5 Å². The zero-order valence-electron chi connectivity index (χ0n) is 19.7. The molecule has 6 heteroatoms. The van der Waals surface area contributed by atoms with Crippen molar-refractivity contribution in [2.45, 2.75) is 27.7 Å². The highest BCUT2D eigenvalue weighted by Gasteiger charge is 2.26. The lowest BCUT2D eigenvalue weighted by molar-refractivity contribution is 0.474. The minimum atomic E-state index is 0.600.